The fourth-order valence-corrected chi connectivity index (χ4v) is 5.08. The summed E-state index contributed by atoms with van der Waals surface area (Å²) in [5, 5.41) is 4.60. The first-order valence-electron chi connectivity index (χ1n) is 11.4. The van der Waals surface area contributed by atoms with E-state index in [9.17, 15) is 9.18 Å². The third-order valence-corrected chi connectivity index (χ3v) is 7.01. The molecule has 0 saturated heterocycles. The molecule has 0 bridgehead atoms. The van der Waals surface area contributed by atoms with Crippen LogP contribution in [-0.2, 0) is 13.0 Å². The van der Waals surface area contributed by atoms with E-state index in [0.29, 0.717) is 16.4 Å². The van der Waals surface area contributed by atoms with Gasteiger partial charge in [0.15, 0.2) is 5.13 Å². The number of nitrogen functional groups attached to an aromatic ring is 1. The Bertz CT molecular complexity index is 1520. The van der Waals surface area contributed by atoms with Gasteiger partial charge in [0.25, 0.3) is 5.91 Å². The highest BCUT2D eigenvalue weighted by Crippen LogP contribution is 2.27. The van der Waals surface area contributed by atoms with Crippen molar-refractivity contribution in [2.75, 3.05) is 24.6 Å². The summed E-state index contributed by atoms with van der Waals surface area (Å²) in [6.45, 7) is 3.76. The third-order valence-electron chi connectivity index (χ3n) is 6.15. The van der Waals surface area contributed by atoms with Crippen LogP contribution >= 0.6 is 11.3 Å². The van der Waals surface area contributed by atoms with Crippen molar-refractivity contribution < 1.29 is 9.18 Å². The van der Waals surface area contributed by atoms with Crippen molar-refractivity contribution >= 4 is 49.2 Å². The van der Waals surface area contributed by atoms with Gasteiger partial charge in [-0.2, -0.15) is 0 Å². The summed E-state index contributed by atoms with van der Waals surface area (Å²) in [6, 6.07) is 17.7. The maximum Gasteiger partial charge on any atom is 0.255 e. The molecule has 5 aromatic rings. The second-order valence-electron chi connectivity index (χ2n) is 8.79. The average molecular weight is 488 g/mol. The number of amides is 1. The van der Waals surface area contributed by atoms with E-state index in [0.717, 1.165) is 46.3 Å². The smallest absolute Gasteiger partial charge is 0.255 e. The Morgan fingerprint density at radius 3 is 2.74 bits per heavy atom. The zero-order valence-electron chi connectivity index (χ0n) is 19.6. The van der Waals surface area contributed by atoms with Gasteiger partial charge in [0.05, 0.1) is 10.2 Å². The number of hydrogen-bond acceptors (Lipinski definition) is 5. The number of fused-ring (bicyclic) bond motifs is 2. The number of carbonyl (C=O) groups excluding carboxylic acids is 1. The number of hydrogen-bond donors (Lipinski definition) is 3. The minimum atomic E-state index is -0.367. The van der Waals surface area contributed by atoms with Crippen molar-refractivity contribution in [2.24, 2.45) is 0 Å². The lowest BCUT2D eigenvalue weighted by Gasteiger charge is -2.17. The number of nitrogens with one attached hydrogen (secondary N) is 2. The van der Waals surface area contributed by atoms with Crippen LogP contribution in [0.15, 0.2) is 60.7 Å². The minimum absolute atomic E-state index is 0.267. The summed E-state index contributed by atoms with van der Waals surface area (Å²) in [4.78, 5) is 22.7. The number of anilines is 2. The standard InChI is InChI=1S/C27H26FN5OS/c1-16-21(11-12-33(2)15-17-3-10-25-24(13-17)32-27(29)35-25)22-14-20(8-9-23(22)30-16)31-26(34)18-4-6-19(28)7-5-18/h3-10,13-14,30H,11-12,15H2,1-2H3,(H2,29,32)(H,31,34). The lowest BCUT2D eigenvalue weighted by Crippen LogP contribution is -2.20. The van der Waals surface area contributed by atoms with Crippen molar-refractivity contribution in [1.29, 1.82) is 0 Å². The monoisotopic (exact) mass is 487 g/mol. The number of aromatic amines is 1. The molecule has 35 heavy (non-hydrogen) atoms. The fourth-order valence-electron chi connectivity index (χ4n) is 4.37. The second-order valence-corrected chi connectivity index (χ2v) is 9.85. The molecule has 2 heterocycles. The Morgan fingerprint density at radius 2 is 1.94 bits per heavy atom. The molecule has 0 unspecified atom stereocenters. The van der Waals surface area contributed by atoms with E-state index in [1.807, 2.05) is 18.2 Å². The number of aromatic nitrogens is 2. The van der Waals surface area contributed by atoms with Crippen LogP contribution in [0.5, 0.6) is 0 Å². The fraction of sp³-hybridized carbons (Fsp3) is 0.185. The van der Waals surface area contributed by atoms with E-state index >= 15 is 0 Å². The number of H-pyrrole nitrogens is 1. The van der Waals surface area contributed by atoms with Crippen molar-refractivity contribution in [2.45, 2.75) is 19.9 Å². The van der Waals surface area contributed by atoms with Crippen molar-refractivity contribution in [3.05, 3.63) is 88.9 Å². The molecule has 0 aliphatic carbocycles. The van der Waals surface area contributed by atoms with Gasteiger partial charge in [-0.05, 0) is 86.1 Å². The lowest BCUT2D eigenvalue weighted by molar-refractivity contribution is 0.102. The number of halogens is 1. The van der Waals surface area contributed by atoms with E-state index in [-0.39, 0.29) is 11.7 Å². The number of benzene rings is 3. The largest absolute Gasteiger partial charge is 0.375 e. The first-order valence-corrected chi connectivity index (χ1v) is 12.2. The van der Waals surface area contributed by atoms with E-state index < -0.39 is 0 Å². The zero-order valence-corrected chi connectivity index (χ0v) is 20.4. The SMILES string of the molecule is Cc1[nH]c2ccc(NC(=O)c3ccc(F)cc3)cc2c1CCN(C)Cc1ccc2sc(N)nc2c1. The molecule has 3 aromatic carbocycles. The van der Waals surface area contributed by atoms with Gasteiger partial charge in [-0.25, -0.2) is 9.37 Å². The molecule has 178 valence electrons. The molecule has 0 fully saturated rings. The van der Waals surface area contributed by atoms with Gasteiger partial charge in [-0.3, -0.25) is 4.79 Å². The topological polar surface area (TPSA) is 87.0 Å². The molecular weight excluding hydrogens is 461 g/mol. The van der Waals surface area contributed by atoms with Crippen molar-refractivity contribution in [3.8, 4) is 0 Å². The quantitative estimate of drug-likeness (QED) is 0.273. The Kier molecular flexibility index (Phi) is 6.23. The normalized spacial score (nSPS) is 11.5. The highest BCUT2D eigenvalue weighted by Gasteiger charge is 2.13. The van der Waals surface area contributed by atoms with Crippen LogP contribution in [0, 0.1) is 12.7 Å². The molecule has 4 N–H and O–H groups in total. The first kappa shape index (κ1) is 23.0. The summed E-state index contributed by atoms with van der Waals surface area (Å²) in [5.74, 6) is -0.634. The average Bonchev–Trinajstić information content (AvgIpc) is 3.35. The Hall–Kier alpha value is -3.75. The highest BCUT2D eigenvalue weighted by atomic mass is 32.1. The van der Waals surface area contributed by atoms with Crippen LogP contribution in [0.1, 0.15) is 27.2 Å². The minimum Gasteiger partial charge on any atom is -0.375 e. The molecule has 0 spiro atoms. The zero-order chi connectivity index (χ0) is 24.5. The summed E-state index contributed by atoms with van der Waals surface area (Å²) >= 11 is 1.50. The highest BCUT2D eigenvalue weighted by molar-refractivity contribution is 7.22. The van der Waals surface area contributed by atoms with Crippen LogP contribution in [0.3, 0.4) is 0 Å². The Balaban J connectivity index is 1.28. The van der Waals surface area contributed by atoms with Gasteiger partial charge in [0.2, 0.25) is 0 Å². The van der Waals surface area contributed by atoms with Gasteiger partial charge in [0, 0.05) is 40.9 Å². The maximum atomic E-state index is 13.2. The van der Waals surface area contributed by atoms with Crippen molar-refractivity contribution in [1.82, 2.24) is 14.9 Å². The number of likely N-dealkylation sites (N-methyl/N-ethyl adjacent to an activating group) is 1. The third kappa shape index (κ3) is 5.03. The van der Waals surface area contributed by atoms with Crippen LogP contribution in [0.25, 0.3) is 21.1 Å². The molecule has 2 aromatic heterocycles. The summed E-state index contributed by atoms with van der Waals surface area (Å²) in [6.07, 6.45) is 0.865. The second kappa shape index (κ2) is 9.48. The summed E-state index contributed by atoms with van der Waals surface area (Å²) in [5.41, 5.74) is 12.5. The summed E-state index contributed by atoms with van der Waals surface area (Å²) < 4.78 is 14.3. The number of aryl methyl sites for hydroxylation is 1. The molecule has 0 aliphatic heterocycles. The Labute approximate surface area is 206 Å². The van der Waals surface area contributed by atoms with E-state index in [2.05, 4.69) is 52.4 Å². The van der Waals surface area contributed by atoms with E-state index in [1.54, 1.807) is 0 Å². The van der Waals surface area contributed by atoms with E-state index in [4.69, 9.17) is 5.73 Å². The predicted molar refractivity (Wildman–Crippen MR) is 141 cm³/mol. The number of nitrogens with two attached hydrogens (primary N) is 1. The molecule has 0 radical (unpaired) electrons. The van der Waals surface area contributed by atoms with Gasteiger partial charge < -0.3 is 20.9 Å². The van der Waals surface area contributed by atoms with Crippen LogP contribution in [0.4, 0.5) is 15.2 Å². The van der Waals surface area contributed by atoms with Crippen molar-refractivity contribution in [3.63, 3.8) is 0 Å². The molecule has 6 nitrogen and oxygen atoms in total. The number of thiazole rings is 1. The molecular formula is C27H26FN5OS. The predicted octanol–water partition coefficient (Wildman–Crippen LogP) is 5.73. The maximum absolute atomic E-state index is 13.2. The van der Waals surface area contributed by atoms with Gasteiger partial charge >= 0.3 is 0 Å². The molecule has 0 atom stereocenters. The molecule has 8 heteroatoms. The Morgan fingerprint density at radius 1 is 1.14 bits per heavy atom. The van der Waals surface area contributed by atoms with Crippen LogP contribution in [0.2, 0.25) is 0 Å². The van der Waals surface area contributed by atoms with Crippen LogP contribution in [-0.4, -0.2) is 34.4 Å². The number of rotatable bonds is 7. The first-order chi connectivity index (χ1) is 16.9. The van der Waals surface area contributed by atoms with Crippen LogP contribution < -0.4 is 11.1 Å². The van der Waals surface area contributed by atoms with Gasteiger partial charge in [-0.1, -0.05) is 17.4 Å². The van der Waals surface area contributed by atoms with E-state index in [1.165, 1.54) is 46.7 Å². The molecule has 0 saturated carbocycles. The van der Waals surface area contributed by atoms with Gasteiger partial charge in [0.1, 0.15) is 5.82 Å². The van der Waals surface area contributed by atoms with Gasteiger partial charge in [-0.15, -0.1) is 0 Å². The number of carbonyl (C=O) groups is 1. The summed E-state index contributed by atoms with van der Waals surface area (Å²) in [7, 11) is 2.11. The lowest BCUT2D eigenvalue weighted by atomic mass is 10.1. The molecule has 1 amide bonds. The number of nitrogens with zero attached hydrogens (tertiary/aromatic N) is 2. The molecule has 0 aliphatic rings. The molecule has 5 rings (SSSR count).